The summed E-state index contributed by atoms with van der Waals surface area (Å²) in [7, 11) is 3.88. The van der Waals surface area contributed by atoms with E-state index in [2.05, 4.69) is 10.4 Å². The minimum absolute atomic E-state index is 0.170. The lowest BCUT2D eigenvalue weighted by Crippen LogP contribution is -2.25. The van der Waals surface area contributed by atoms with Gasteiger partial charge in [0.05, 0.1) is 17.1 Å². The lowest BCUT2D eigenvalue weighted by Gasteiger charge is -2.22. The number of aromatic nitrogens is 2. The lowest BCUT2D eigenvalue weighted by atomic mass is 9.88. The van der Waals surface area contributed by atoms with Crippen molar-refractivity contribution in [1.82, 2.24) is 9.66 Å². The van der Waals surface area contributed by atoms with Crippen LogP contribution in [0.15, 0.2) is 76.6 Å². The largest absolute Gasteiger partial charge is 0.483 e. The number of hydrogen-bond acceptors (Lipinski definition) is 6. The highest BCUT2D eigenvalue weighted by atomic mass is 16.5. The van der Waals surface area contributed by atoms with E-state index in [0.717, 1.165) is 36.9 Å². The minimum atomic E-state index is -0.267. The molecule has 206 valence electrons. The smallest absolute Gasteiger partial charge is 0.282 e. The molecule has 1 saturated carbocycles. The molecule has 5 rings (SSSR count). The highest BCUT2D eigenvalue weighted by molar-refractivity contribution is 5.92. The second-order valence-electron chi connectivity index (χ2n) is 10.5. The van der Waals surface area contributed by atoms with Gasteiger partial charge in [0.15, 0.2) is 6.61 Å². The number of hydrogen-bond donors (Lipinski definition) is 1. The van der Waals surface area contributed by atoms with Crippen molar-refractivity contribution in [3.05, 3.63) is 94.0 Å². The van der Waals surface area contributed by atoms with Crippen LogP contribution in [0.2, 0.25) is 0 Å². The monoisotopic (exact) mass is 537 g/mol. The van der Waals surface area contributed by atoms with Crippen LogP contribution in [0.4, 0.5) is 11.4 Å². The Labute approximate surface area is 234 Å². The van der Waals surface area contributed by atoms with E-state index in [0.29, 0.717) is 33.7 Å². The van der Waals surface area contributed by atoms with Crippen molar-refractivity contribution in [2.24, 2.45) is 5.10 Å². The van der Waals surface area contributed by atoms with Crippen LogP contribution in [-0.4, -0.2) is 42.5 Å². The SMILES string of the molecule is Cc1ccc(NC(=O)COc2cc(N(C)C)ccc2C=Nn2c(C3CCCCC3)nc3ccccc3c2=O)cc1. The molecule has 40 heavy (non-hydrogen) atoms. The van der Waals surface area contributed by atoms with Crippen molar-refractivity contribution < 1.29 is 9.53 Å². The third-order valence-electron chi connectivity index (χ3n) is 7.27. The van der Waals surface area contributed by atoms with E-state index in [1.54, 1.807) is 12.3 Å². The van der Waals surface area contributed by atoms with E-state index in [-0.39, 0.29) is 24.0 Å². The summed E-state index contributed by atoms with van der Waals surface area (Å²) in [6.45, 7) is 1.83. The molecule has 4 aromatic rings. The van der Waals surface area contributed by atoms with Crippen molar-refractivity contribution in [2.75, 3.05) is 30.9 Å². The van der Waals surface area contributed by atoms with Gasteiger partial charge in [-0.3, -0.25) is 9.59 Å². The number of ether oxygens (including phenoxy) is 1. The van der Waals surface area contributed by atoms with Gasteiger partial charge >= 0.3 is 0 Å². The van der Waals surface area contributed by atoms with Crippen LogP contribution in [0.1, 0.15) is 55.0 Å². The zero-order chi connectivity index (χ0) is 28.1. The van der Waals surface area contributed by atoms with Crippen LogP contribution < -0.4 is 20.5 Å². The van der Waals surface area contributed by atoms with E-state index in [4.69, 9.17) is 9.72 Å². The maximum atomic E-state index is 13.6. The predicted octanol–water partition coefficient (Wildman–Crippen LogP) is 5.72. The van der Waals surface area contributed by atoms with E-state index in [9.17, 15) is 9.59 Å². The van der Waals surface area contributed by atoms with Crippen molar-refractivity contribution in [3.63, 3.8) is 0 Å². The van der Waals surface area contributed by atoms with Gasteiger partial charge in [-0.2, -0.15) is 9.78 Å². The molecule has 1 aromatic heterocycles. The molecule has 1 fully saturated rings. The molecular formula is C32H35N5O3. The Morgan fingerprint density at radius 3 is 2.58 bits per heavy atom. The van der Waals surface area contributed by atoms with E-state index >= 15 is 0 Å². The fourth-order valence-corrected chi connectivity index (χ4v) is 5.01. The fourth-order valence-electron chi connectivity index (χ4n) is 5.01. The quantitative estimate of drug-likeness (QED) is 0.291. The van der Waals surface area contributed by atoms with Crippen LogP contribution in [0.3, 0.4) is 0 Å². The first-order chi connectivity index (χ1) is 19.4. The molecule has 0 saturated heterocycles. The number of fused-ring (bicyclic) bond motifs is 1. The summed E-state index contributed by atoms with van der Waals surface area (Å²) >= 11 is 0. The summed E-state index contributed by atoms with van der Waals surface area (Å²) in [5.74, 6) is 1.11. The number of nitrogens with one attached hydrogen (secondary N) is 1. The molecule has 3 aromatic carbocycles. The molecule has 0 bridgehead atoms. The first-order valence-electron chi connectivity index (χ1n) is 13.8. The molecule has 0 aliphatic heterocycles. The molecule has 0 radical (unpaired) electrons. The van der Waals surface area contributed by atoms with Crippen molar-refractivity contribution in [3.8, 4) is 5.75 Å². The number of nitrogens with zero attached hydrogens (tertiary/aromatic N) is 4. The molecule has 1 amide bonds. The van der Waals surface area contributed by atoms with Crippen LogP contribution >= 0.6 is 0 Å². The second-order valence-corrected chi connectivity index (χ2v) is 10.5. The predicted molar refractivity (Wildman–Crippen MR) is 161 cm³/mol. The molecule has 1 heterocycles. The number of aryl methyl sites for hydroxylation is 1. The molecule has 1 N–H and O–H groups in total. The number of para-hydroxylation sites is 1. The van der Waals surface area contributed by atoms with Gasteiger partial charge in [0.2, 0.25) is 0 Å². The summed E-state index contributed by atoms with van der Waals surface area (Å²) in [6.07, 6.45) is 7.03. The van der Waals surface area contributed by atoms with E-state index in [1.807, 2.05) is 86.6 Å². The normalized spacial score (nSPS) is 14.0. The maximum Gasteiger partial charge on any atom is 0.282 e. The first kappa shape index (κ1) is 27.1. The van der Waals surface area contributed by atoms with Gasteiger partial charge in [0.1, 0.15) is 11.6 Å². The van der Waals surface area contributed by atoms with E-state index in [1.165, 1.54) is 11.1 Å². The Balaban J connectivity index is 1.45. The summed E-state index contributed by atoms with van der Waals surface area (Å²) in [5.41, 5.74) is 3.90. The molecule has 0 unspecified atom stereocenters. The van der Waals surface area contributed by atoms with Crippen LogP contribution in [0.25, 0.3) is 10.9 Å². The highest BCUT2D eigenvalue weighted by Crippen LogP contribution is 2.32. The summed E-state index contributed by atoms with van der Waals surface area (Å²) < 4.78 is 7.44. The van der Waals surface area contributed by atoms with Gasteiger partial charge in [0, 0.05) is 43.0 Å². The number of benzene rings is 3. The summed E-state index contributed by atoms with van der Waals surface area (Å²) in [6, 6.07) is 20.7. The van der Waals surface area contributed by atoms with Gasteiger partial charge in [-0.1, -0.05) is 49.1 Å². The molecule has 1 aliphatic carbocycles. The van der Waals surface area contributed by atoms with Gasteiger partial charge in [-0.15, -0.1) is 0 Å². The van der Waals surface area contributed by atoms with Crippen molar-refractivity contribution >= 4 is 34.4 Å². The van der Waals surface area contributed by atoms with Crippen LogP contribution in [0, 0.1) is 6.92 Å². The number of anilines is 2. The summed E-state index contributed by atoms with van der Waals surface area (Å²) in [4.78, 5) is 33.1. The standard InChI is InChI=1S/C32H35N5O3/c1-22-13-16-25(17-14-22)34-30(38)21-40-29-19-26(36(2)3)18-15-24(29)20-33-37-31(23-9-5-4-6-10-23)35-28-12-8-7-11-27(28)32(37)39/h7-8,11-20,23H,4-6,9-10,21H2,1-3H3,(H,34,38). The van der Waals surface area contributed by atoms with Gasteiger partial charge in [0.25, 0.3) is 11.5 Å². The number of carbonyl (C=O) groups excluding carboxylic acids is 1. The zero-order valence-electron chi connectivity index (χ0n) is 23.3. The molecule has 8 nitrogen and oxygen atoms in total. The number of rotatable bonds is 8. The fraction of sp³-hybridized carbons (Fsp3) is 0.312. The van der Waals surface area contributed by atoms with Gasteiger partial charge in [-0.05, 0) is 56.2 Å². The topological polar surface area (TPSA) is 88.8 Å². The van der Waals surface area contributed by atoms with Gasteiger partial charge in [-0.25, -0.2) is 4.98 Å². The summed E-state index contributed by atoms with van der Waals surface area (Å²) in [5, 5.41) is 8.06. The van der Waals surface area contributed by atoms with Crippen LogP contribution in [-0.2, 0) is 4.79 Å². The number of amides is 1. The molecular weight excluding hydrogens is 502 g/mol. The Morgan fingerprint density at radius 2 is 1.82 bits per heavy atom. The molecule has 0 spiro atoms. The Morgan fingerprint density at radius 1 is 1.07 bits per heavy atom. The zero-order valence-corrected chi connectivity index (χ0v) is 23.3. The Hall–Kier alpha value is -4.46. The molecule has 8 heteroatoms. The molecule has 1 aliphatic rings. The average Bonchev–Trinajstić information content (AvgIpc) is 2.97. The lowest BCUT2D eigenvalue weighted by molar-refractivity contribution is -0.118. The molecule has 0 atom stereocenters. The van der Waals surface area contributed by atoms with Crippen molar-refractivity contribution in [2.45, 2.75) is 44.9 Å². The van der Waals surface area contributed by atoms with E-state index < -0.39 is 0 Å². The third-order valence-corrected chi connectivity index (χ3v) is 7.27. The Kier molecular flexibility index (Phi) is 8.24. The Bertz CT molecular complexity index is 1580. The first-order valence-corrected chi connectivity index (χ1v) is 13.8. The number of carbonyl (C=O) groups is 1. The minimum Gasteiger partial charge on any atom is -0.483 e. The maximum absolute atomic E-state index is 13.6. The highest BCUT2D eigenvalue weighted by Gasteiger charge is 2.22. The average molecular weight is 538 g/mol. The van der Waals surface area contributed by atoms with Gasteiger partial charge < -0.3 is 15.0 Å². The van der Waals surface area contributed by atoms with Crippen molar-refractivity contribution in [1.29, 1.82) is 0 Å². The third kappa shape index (κ3) is 6.22. The second kappa shape index (κ2) is 12.2. The van der Waals surface area contributed by atoms with Crippen LogP contribution in [0.5, 0.6) is 5.75 Å².